The van der Waals surface area contributed by atoms with Crippen LogP contribution in [0.1, 0.15) is 45.1 Å². The summed E-state index contributed by atoms with van der Waals surface area (Å²) in [6.07, 6.45) is 5.74. The molecule has 2 aromatic heterocycles. The molecule has 0 atom stereocenters. The third kappa shape index (κ3) is 3.89. The molecule has 136 valence electrons. The van der Waals surface area contributed by atoms with E-state index < -0.39 is 5.60 Å². The highest BCUT2D eigenvalue weighted by Gasteiger charge is 2.28. The minimum absolute atomic E-state index is 0.206. The van der Waals surface area contributed by atoms with E-state index in [-0.39, 0.29) is 6.09 Å². The van der Waals surface area contributed by atoms with Crippen LogP contribution < -0.4 is 4.90 Å². The zero-order chi connectivity index (χ0) is 18.2. The fourth-order valence-corrected chi connectivity index (χ4v) is 3.31. The van der Waals surface area contributed by atoms with Gasteiger partial charge in [0.1, 0.15) is 11.4 Å². The molecule has 1 aliphatic heterocycles. The van der Waals surface area contributed by atoms with Crippen molar-refractivity contribution in [1.82, 2.24) is 14.9 Å². The zero-order valence-electron chi connectivity index (χ0n) is 15.8. The number of ether oxygens (including phenoxy) is 1. The topological polar surface area (TPSA) is 61.5 Å². The lowest BCUT2D eigenvalue weighted by atomic mass is 9.90. The Balaban J connectivity index is 1.69. The molecular weight excluding hydrogens is 316 g/mol. The van der Waals surface area contributed by atoms with Gasteiger partial charge in [-0.25, -0.2) is 9.78 Å². The number of nitrogens with zero attached hydrogens (tertiary/aromatic N) is 3. The van der Waals surface area contributed by atoms with Gasteiger partial charge < -0.3 is 19.5 Å². The highest BCUT2D eigenvalue weighted by Crippen LogP contribution is 2.34. The van der Waals surface area contributed by atoms with E-state index in [1.165, 1.54) is 10.9 Å². The Hall–Kier alpha value is -2.24. The van der Waals surface area contributed by atoms with E-state index in [9.17, 15) is 4.79 Å². The van der Waals surface area contributed by atoms with E-state index in [1.54, 1.807) is 0 Å². The summed E-state index contributed by atoms with van der Waals surface area (Å²) in [7, 11) is 3.98. The number of pyridine rings is 1. The minimum atomic E-state index is -0.444. The summed E-state index contributed by atoms with van der Waals surface area (Å²) < 4.78 is 5.48. The van der Waals surface area contributed by atoms with Gasteiger partial charge in [0.15, 0.2) is 0 Å². The Morgan fingerprint density at radius 1 is 1.32 bits per heavy atom. The van der Waals surface area contributed by atoms with Crippen molar-refractivity contribution in [3.63, 3.8) is 0 Å². The number of aromatic amines is 1. The highest BCUT2D eigenvalue weighted by atomic mass is 16.6. The van der Waals surface area contributed by atoms with Crippen LogP contribution in [-0.4, -0.2) is 53.7 Å². The summed E-state index contributed by atoms with van der Waals surface area (Å²) in [6, 6.07) is 2.08. The Bertz CT molecular complexity index is 752. The molecule has 1 fully saturated rings. The third-order valence-electron chi connectivity index (χ3n) is 4.63. The number of nitrogens with one attached hydrogen (secondary N) is 1. The first kappa shape index (κ1) is 17.6. The second kappa shape index (κ2) is 6.58. The summed E-state index contributed by atoms with van der Waals surface area (Å²) in [6.45, 7) is 7.17. The van der Waals surface area contributed by atoms with Crippen molar-refractivity contribution in [2.24, 2.45) is 0 Å². The first-order chi connectivity index (χ1) is 11.7. The van der Waals surface area contributed by atoms with Gasteiger partial charge >= 0.3 is 6.09 Å². The van der Waals surface area contributed by atoms with Crippen molar-refractivity contribution in [3.05, 3.63) is 24.0 Å². The van der Waals surface area contributed by atoms with Crippen LogP contribution in [0.15, 0.2) is 18.5 Å². The van der Waals surface area contributed by atoms with Crippen molar-refractivity contribution in [1.29, 1.82) is 0 Å². The van der Waals surface area contributed by atoms with Gasteiger partial charge in [-0.15, -0.1) is 0 Å². The average Bonchev–Trinajstić information content (AvgIpc) is 2.96. The van der Waals surface area contributed by atoms with Crippen molar-refractivity contribution in [2.75, 3.05) is 32.1 Å². The van der Waals surface area contributed by atoms with E-state index in [1.807, 2.05) is 50.9 Å². The average molecular weight is 344 g/mol. The molecule has 1 saturated heterocycles. The monoisotopic (exact) mass is 344 g/mol. The molecule has 0 aliphatic carbocycles. The zero-order valence-corrected chi connectivity index (χ0v) is 15.8. The van der Waals surface area contributed by atoms with Gasteiger partial charge in [0.05, 0.1) is 5.52 Å². The maximum atomic E-state index is 12.2. The standard InChI is InChI=1S/C19H28N4O2/c1-19(2,3)25-18(24)23-8-6-13(7-9-23)14-11-20-16-10-17(22(4)5)21-12-15(14)16/h10-13,20H,6-9H2,1-5H3. The molecule has 1 N–H and O–H groups in total. The fraction of sp³-hybridized carbons (Fsp3) is 0.579. The quantitative estimate of drug-likeness (QED) is 0.901. The number of likely N-dealkylation sites (tertiary alicyclic amines) is 1. The van der Waals surface area contributed by atoms with Crippen LogP contribution in [-0.2, 0) is 4.74 Å². The van der Waals surface area contributed by atoms with Gasteiger partial charge in [-0.3, -0.25) is 0 Å². The lowest BCUT2D eigenvalue weighted by molar-refractivity contribution is 0.0205. The summed E-state index contributed by atoms with van der Waals surface area (Å²) in [5.41, 5.74) is 1.97. The Morgan fingerprint density at radius 3 is 2.60 bits per heavy atom. The van der Waals surface area contributed by atoms with Crippen LogP contribution in [0.2, 0.25) is 0 Å². The lowest BCUT2D eigenvalue weighted by Crippen LogP contribution is -2.41. The van der Waals surface area contributed by atoms with Gasteiger partial charge in [-0.05, 0) is 45.1 Å². The molecule has 1 aliphatic rings. The van der Waals surface area contributed by atoms with Gasteiger partial charge in [0, 0.05) is 51.0 Å². The molecule has 0 bridgehead atoms. The van der Waals surface area contributed by atoms with Crippen LogP contribution in [0.3, 0.4) is 0 Å². The minimum Gasteiger partial charge on any atom is -0.444 e. The predicted molar refractivity (Wildman–Crippen MR) is 100 cm³/mol. The van der Waals surface area contributed by atoms with Gasteiger partial charge in [0.25, 0.3) is 0 Å². The molecular formula is C19H28N4O2. The van der Waals surface area contributed by atoms with E-state index in [2.05, 4.69) is 22.2 Å². The molecule has 0 radical (unpaired) electrons. The third-order valence-corrected chi connectivity index (χ3v) is 4.63. The maximum Gasteiger partial charge on any atom is 0.410 e. The summed E-state index contributed by atoms with van der Waals surface area (Å²) in [4.78, 5) is 23.9. The summed E-state index contributed by atoms with van der Waals surface area (Å²) in [5.74, 6) is 1.39. The van der Waals surface area contributed by atoms with E-state index in [0.717, 1.165) is 37.3 Å². The molecule has 0 spiro atoms. The molecule has 6 nitrogen and oxygen atoms in total. The maximum absolute atomic E-state index is 12.2. The smallest absolute Gasteiger partial charge is 0.410 e. The second-order valence-electron chi connectivity index (χ2n) is 7.97. The first-order valence-electron chi connectivity index (χ1n) is 8.87. The molecule has 0 aromatic carbocycles. The molecule has 3 heterocycles. The number of carbonyl (C=O) groups excluding carboxylic acids is 1. The van der Waals surface area contributed by atoms with Crippen molar-refractivity contribution in [3.8, 4) is 0 Å². The Labute approximate surface area is 149 Å². The van der Waals surface area contributed by atoms with E-state index in [0.29, 0.717) is 5.92 Å². The van der Waals surface area contributed by atoms with Gasteiger partial charge in [-0.1, -0.05) is 0 Å². The number of anilines is 1. The molecule has 3 rings (SSSR count). The first-order valence-corrected chi connectivity index (χ1v) is 8.87. The SMILES string of the molecule is CN(C)c1cc2[nH]cc(C3CCN(C(=O)OC(C)(C)C)CC3)c2cn1. The van der Waals surface area contributed by atoms with E-state index >= 15 is 0 Å². The Morgan fingerprint density at radius 2 is 2.00 bits per heavy atom. The van der Waals surface area contributed by atoms with Crippen LogP contribution in [0.25, 0.3) is 10.9 Å². The predicted octanol–water partition coefficient (Wildman–Crippen LogP) is 3.74. The number of piperidine rings is 1. The lowest BCUT2D eigenvalue weighted by Gasteiger charge is -2.33. The van der Waals surface area contributed by atoms with Crippen LogP contribution in [0, 0.1) is 0 Å². The Kier molecular flexibility index (Phi) is 4.62. The van der Waals surface area contributed by atoms with Crippen molar-refractivity contribution < 1.29 is 9.53 Å². The van der Waals surface area contributed by atoms with Gasteiger partial charge in [0.2, 0.25) is 0 Å². The highest BCUT2D eigenvalue weighted by molar-refractivity contribution is 5.85. The molecule has 6 heteroatoms. The van der Waals surface area contributed by atoms with Gasteiger partial charge in [-0.2, -0.15) is 0 Å². The number of carbonyl (C=O) groups is 1. The summed E-state index contributed by atoms with van der Waals surface area (Å²) >= 11 is 0. The number of aromatic nitrogens is 2. The number of fused-ring (bicyclic) bond motifs is 1. The van der Waals surface area contributed by atoms with Crippen LogP contribution in [0.5, 0.6) is 0 Å². The molecule has 1 amide bonds. The number of amides is 1. The van der Waals surface area contributed by atoms with Crippen LogP contribution >= 0.6 is 0 Å². The number of hydrogen-bond acceptors (Lipinski definition) is 4. The van der Waals surface area contributed by atoms with Crippen molar-refractivity contribution in [2.45, 2.75) is 45.1 Å². The summed E-state index contributed by atoms with van der Waals surface area (Å²) in [5, 5.41) is 1.18. The van der Waals surface area contributed by atoms with Crippen LogP contribution in [0.4, 0.5) is 10.6 Å². The number of hydrogen-bond donors (Lipinski definition) is 1. The normalized spacial score (nSPS) is 16.3. The molecule has 0 saturated carbocycles. The van der Waals surface area contributed by atoms with Crippen molar-refractivity contribution >= 4 is 22.8 Å². The number of rotatable bonds is 2. The van der Waals surface area contributed by atoms with E-state index in [4.69, 9.17) is 4.74 Å². The molecule has 0 unspecified atom stereocenters. The second-order valence-corrected chi connectivity index (χ2v) is 7.97. The largest absolute Gasteiger partial charge is 0.444 e. The molecule has 25 heavy (non-hydrogen) atoms. The number of H-pyrrole nitrogens is 1. The molecule has 2 aromatic rings. The fourth-order valence-electron chi connectivity index (χ4n) is 3.31.